The van der Waals surface area contributed by atoms with E-state index in [0.717, 1.165) is 48.8 Å². The number of amides is 1. The molecule has 4 rings (SSSR count). The smallest absolute Gasteiger partial charge is 0.223 e. The van der Waals surface area contributed by atoms with Crippen LogP contribution in [0.15, 0.2) is 36.5 Å². The number of piperidine rings is 1. The van der Waals surface area contributed by atoms with Crippen LogP contribution in [-0.4, -0.2) is 24.0 Å². The van der Waals surface area contributed by atoms with Gasteiger partial charge in [-0.15, -0.1) is 24.8 Å². The molecule has 4 nitrogen and oxygen atoms in total. The number of fused-ring (bicyclic) bond motifs is 1. The number of benzene rings is 1. The van der Waals surface area contributed by atoms with Crippen molar-refractivity contribution in [3.8, 4) is 0 Å². The van der Waals surface area contributed by atoms with Crippen molar-refractivity contribution in [2.75, 3.05) is 13.1 Å². The van der Waals surface area contributed by atoms with Crippen LogP contribution in [0.3, 0.4) is 0 Å². The maximum atomic E-state index is 12.4. The van der Waals surface area contributed by atoms with Gasteiger partial charge < -0.3 is 10.6 Å². The van der Waals surface area contributed by atoms with Gasteiger partial charge in [0.25, 0.3) is 0 Å². The summed E-state index contributed by atoms with van der Waals surface area (Å²) in [6.07, 6.45) is 5.21. The summed E-state index contributed by atoms with van der Waals surface area (Å²) >= 11 is 0. The highest BCUT2D eigenvalue weighted by atomic mass is 35.5. The molecule has 1 amide bonds. The van der Waals surface area contributed by atoms with E-state index in [9.17, 15) is 4.79 Å². The van der Waals surface area contributed by atoms with Crippen LogP contribution in [-0.2, 0) is 11.3 Å². The van der Waals surface area contributed by atoms with E-state index in [0.29, 0.717) is 12.0 Å². The van der Waals surface area contributed by atoms with Crippen LogP contribution >= 0.6 is 24.8 Å². The molecule has 2 N–H and O–H groups in total. The van der Waals surface area contributed by atoms with Gasteiger partial charge in [-0.3, -0.25) is 9.78 Å². The second-order valence-electron chi connectivity index (χ2n) is 6.62. The average molecular weight is 368 g/mol. The van der Waals surface area contributed by atoms with Crippen LogP contribution in [0.5, 0.6) is 0 Å². The van der Waals surface area contributed by atoms with E-state index in [1.165, 1.54) is 0 Å². The quantitative estimate of drug-likeness (QED) is 0.876. The first-order valence-electron chi connectivity index (χ1n) is 8.09. The second-order valence-corrected chi connectivity index (χ2v) is 6.62. The second kappa shape index (κ2) is 7.68. The van der Waals surface area contributed by atoms with Crippen molar-refractivity contribution >= 4 is 41.6 Å². The Balaban J connectivity index is 0.00000104. The molecule has 24 heavy (non-hydrogen) atoms. The summed E-state index contributed by atoms with van der Waals surface area (Å²) in [5, 5.41) is 7.59. The van der Waals surface area contributed by atoms with Gasteiger partial charge in [0, 0.05) is 24.0 Å². The van der Waals surface area contributed by atoms with Crippen LogP contribution in [0.1, 0.15) is 24.8 Å². The number of carbonyl (C=O) groups excluding carboxylic acids is 1. The summed E-state index contributed by atoms with van der Waals surface area (Å²) in [6.45, 7) is 2.68. The van der Waals surface area contributed by atoms with E-state index in [4.69, 9.17) is 0 Å². The van der Waals surface area contributed by atoms with E-state index in [1.54, 1.807) is 0 Å². The number of para-hydroxylation sites is 1. The molecule has 2 fully saturated rings. The molecular weight excluding hydrogens is 345 g/mol. The maximum Gasteiger partial charge on any atom is 0.223 e. The van der Waals surface area contributed by atoms with Gasteiger partial charge in [-0.2, -0.15) is 0 Å². The Kier molecular flexibility index (Phi) is 6.07. The Bertz CT molecular complexity index is 716. The number of aromatic nitrogens is 1. The third-order valence-electron chi connectivity index (χ3n) is 5.22. The summed E-state index contributed by atoms with van der Waals surface area (Å²) in [6, 6.07) is 10.2. The first kappa shape index (κ1) is 19.0. The van der Waals surface area contributed by atoms with E-state index < -0.39 is 0 Å². The molecule has 1 aliphatic carbocycles. The van der Waals surface area contributed by atoms with Crippen LogP contribution in [0.2, 0.25) is 0 Å². The molecule has 130 valence electrons. The number of nitrogens with zero attached hydrogens (tertiary/aromatic N) is 1. The van der Waals surface area contributed by atoms with Crippen LogP contribution in [0.4, 0.5) is 0 Å². The van der Waals surface area contributed by atoms with Gasteiger partial charge >= 0.3 is 0 Å². The Morgan fingerprint density at radius 3 is 2.79 bits per heavy atom. The minimum Gasteiger partial charge on any atom is -0.352 e. The lowest BCUT2D eigenvalue weighted by molar-refractivity contribution is -0.123. The zero-order valence-electron chi connectivity index (χ0n) is 13.5. The summed E-state index contributed by atoms with van der Waals surface area (Å²) in [5.41, 5.74) is 2.36. The lowest BCUT2D eigenvalue weighted by Crippen LogP contribution is -2.33. The number of nitrogens with one attached hydrogen (secondary N) is 2. The predicted octanol–water partition coefficient (Wildman–Crippen LogP) is 3.08. The van der Waals surface area contributed by atoms with Crippen LogP contribution < -0.4 is 10.6 Å². The number of rotatable bonds is 3. The molecule has 1 aromatic heterocycles. The highest BCUT2D eigenvalue weighted by molar-refractivity contribution is 5.85. The van der Waals surface area contributed by atoms with Gasteiger partial charge in [0.15, 0.2) is 0 Å². The topological polar surface area (TPSA) is 54.0 Å². The maximum absolute atomic E-state index is 12.4. The molecule has 0 bridgehead atoms. The Morgan fingerprint density at radius 2 is 2.00 bits per heavy atom. The molecule has 1 spiro atoms. The largest absolute Gasteiger partial charge is 0.352 e. The molecule has 1 saturated carbocycles. The molecule has 1 aromatic carbocycles. The summed E-state index contributed by atoms with van der Waals surface area (Å²) < 4.78 is 0. The summed E-state index contributed by atoms with van der Waals surface area (Å²) in [7, 11) is 0. The SMILES string of the molecule is Cl.Cl.O=C(NCc1cnc2ccccc2c1)C1CC12CCNCC2. The summed E-state index contributed by atoms with van der Waals surface area (Å²) in [4.78, 5) is 16.8. The number of pyridine rings is 1. The lowest BCUT2D eigenvalue weighted by atomic mass is 9.92. The van der Waals surface area contributed by atoms with Gasteiger partial charge in [-0.1, -0.05) is 18.2 Å². The van der Waals surface area contributed by atoms with Gasteiger partial charge in [0.1, 0.15) is 0 Å². The Morgan fingerprint density at radius 1 is 1.25 bits per heavy atom. The third kappa shape index (κ3) is 3.66. The number of hydrogen-bond acceptors (Lipinski definition) is 3. The first-order valence-corrected chi connectivity index (χ1v) is 8.09. The minimum atomic E-state index is 0. The Labute approximate surface area is 154 Å². The monoisotopic (exact) mass is 367 g/mol. The molecule has 6 heteroatoms. The van der Waals surface area contributed by atoms with E-state index in [1.807, 2.05) is 24.4 Å². The molecule has 1 unspecified atom stereocenters. The first-order chi connectivity index (χ1) is 10.8. The van der Waals surface area contributed by atoms with Gasteiger partial charge in [0.2, 0.25) is 5.91 Å². The standard InChI is InChI=1S/C18H21N3O.2ClH/c22-17(15-10-18(15)5-7-19-8-6-18)21-12-13-9-14-3-1-2-4-16(14)20-11-13;;/h1-4,9,11,15,19H,5-8,10,12H2,(H,21,22);2*1H. The Hall–Kier alpha value is -1.36. The molecule has 2 aromatic rings. The van der Waals surface area contributed by atoms with Crippen molar-refractivity contribution in [1.29, 1.82) is 0 Å². The number of halogens is 2. The predicted molar refractivity (Wildman–Crippen MR) is 101 cm³/mol. The minimum absolute atomic E-state index is 0. The van der Waals surface area contributed by atoms with E-state index in [2.05, 4.69) is 27.8 Å². The van der Waals surface area contributed by atoms with Gasteiger partial charge in [0.05, 0.1) is 5.52 Å². The van der Waals surface area contributed by atoms with Crippen molar-refractivity contribution in [3.63, 3.8) is 0 Å². The highest BCUT2D eigenvalue weighted by Crippen LogP contribution is 2.58. The van der Waals surface area contributed by atoms with Crippen molar-refractivity contribution in [3.05, 3.63) is 42.1 Å². The fraction of sp³-hybridized carbons (Fsp3) is 0.444. The number of carbonyl (C=O) groups is 1. The molecule has 1 aliphatic heterocycles. The lowest BCUT2D eigenvalue weighted by Gasteiger charge is -2.23. The average Bonchev–Trinajstić information content (AvgIpc) is 3.26. The molecule has 1 atom stereocenters. The summed E-state index contributed by atoms with van der Waals surface area (Å²) in [5.74, 6) is 0.443. The van der Waals surface area contributed by atoms with E-state index in [-0.39, 0.29) is 36.6 Å². The third-order valence-corrected chi connectivity index (χ3v) is 5.22. The normalized spacial score (nSPS) is 20.8. The van der Waals surface area contributed by atoms with Crippen molar-refractivity contribution in [2.24, 2.45) is 11.3 Å². The zero-order valence-corrected chi connectivity index (χ0v) is 15.1. The molecular formula is C18H23Cl2N3O. The van der Waals surface area contributed by atoms with Gasteiger partial charge in [-0.25, -0.2) is 0 Å². The van der Waals surface area contributed by atoms with Gasteiger partial charge in [-0.05, 0) is 55.5 Å². The van der Waals surface area contributed by atoms with Crippen molar-refractivity contribution in [1.82, 2.24) is 15.6 Å². The van der Waals surface area contributed by atoms with Crippen molar-refractivity contribution < 1.29 is 4.79 Å². The fourth-order valence-electron chi connectivity index (χ4n) is 3.72. The van der Waals surface area contributed by atoms with Crippen LogP contribution in [0, 0.1) is 11.3 Å². The molecule has 1 saturated heterocycles. The van der Waals surface area contributed by atoms with Crippen LogP contribution in [0.25, 0.3) is 10.9 Å². The van der Waals surface area contributed by atoms with E-state index >= 15 is 0 Å². The molecule has 2 heterocycles. The zero-order chi connectivity index (χ0) is 15.0. The van der Waals surface area contributed by atoms with Crippen molar-refractivity contribution in [2.45, 2.75) is 25.8 Å². The fourth-order valence-corrected chi connectivity index (χ4v) is 3.72. The molecule has 2 aliphatic rings. The highest BCUT2D eigenvalue weighted by Gasteiger charge is 2.57. The number of hydrogen-bond donors (Lipinski definition) is 2. The molecule has 0 radical (unpaired) electrons.